The average Bonchev–Trinajstić information content (AvgIpc) is 3.17. The zero-order chi connectivity index (χ0) is 18.7. The molecule has 3 rings (SSSR count). The Balaban J connectivity index is 1.65. The van der Waals surface area contributed by atoms with E-state index in [2.05, 4.69) is 5.32 Å². The van der Waals surface area contributed by atoms with E-state index in [1.165, 1.54) is 33.8 Å². The Kier molecular flexibility index (Phi) is 5.63. The molecule has 136 valence electrons. The van der Waals surface area contributed by atoms with Crippen LogP contribution >= 0.6 is 22.9 Å². The van der Waals surface area contributed by atoms with Crippen LogP contribution in [0.2, 0.25) is 5.02 Å². The van der Waals surface area contributed by atoms with Gasteiger partial charge in [0.1, 0.15) is 6.07 Å². The maximum absolute atomic E-state index is 12.8. The van der Waals surface area contributed by atoms with Gasteiger partial charge in [0.15, 0.2) is 0 Å². The predicted octanol–water partition coefficient (Wildman–Crippen LogP) is 2.86. The average molecular weight is 410 g/mol. The fraction of sp³-hybridized carbons (Fsp3) is 0.294. The molecule has 1 saturated heterocycles. The van der Waals surface area contributed by atoms with E-state index in [4.69, 9.17) is 16.9 Å². The number of nitriles is 1. The minimum absolute atomic E-state index is 0.0551. The lowest BCUT2D eigenvalue weighted by molar-refractivity contribution is 0.0928. The number of thiophene rings is 1. The van der Waals surface area contributed by atoms with Crippen molar-refractivity contribution in [3.63, 3.8) is 0 Å². The smallest absolute Gasteiger partial charge is 0.261 e. The van der Waals surface area contributed by atoms with Crippen LogP contribution in [0, 0.1) is 11.3 Å². The molecule has 2 heterocycles. The van der Waals surface area contributed by atoms with Gasteiger partial charge in [-0.15, -0.1) is 11.3 Å². The summed E-state index contributed by atoms with van der Waals surface area (Å²) < 4.78 is 26.9. The topological polar surface area (TPSA) is 90.3 Å². The summed E-state index contributed by atoms with van der Waals surface area (Å²) in [5.74, 6) is -0.127. The molecule has 0 spiro atoms. The first-order chi connectivity index (χ1) is 12.4. The first-order valence-electron chi connectivity index (χ1n) is 7.96. The number of benzene rings is 1. The first-order valence-corrected chi connectivity index (χ1v) is 10.7. The van der Waals surface area contributed by atoms with E-state index >= 15 is 0 Å². The summed E-state index contributed by atoms with van der Waals surface area (Å²) in [5.41, 5.74) is 0.130. The van der Waals surface area contributed by atoms with E-state index in [-0.39, 0.29) is 27.4 Å². The molecule has 1 aliphatic heterocycles. The highest BCUT2D eigenvalue weighted by Gasteiger charge is 2.30. The van der Waals surface area contributed by atoms with Crippen molar-refractivity contribution in [2.75, 3.05) is 13.1 Å². The molecule has 6 nitrogen and oxygen atoms in total. The molecule has 1 N–H and O–H groups in total. The third-order valence-corrected chi connectivity index (χ3v) is 7.32. The first kappa shape index (κ1) is 18.9. The number of nitrogens with zero attached hydrogens (tertiary/aromatic N) is 2. The van der Waals surface area contributed by atoms with Gasteiger partial charge in [0.25, 0.3) is 5.91 Å². The van der Waals surface area contributed by atoms with Crippen LogP contribution in [0.1, 0.15) is 28.1 Å². The van der Waals surface area contributed by atoms with Crippen LogP contribution in [0.5, 0.6) is 0 Å². The number of sulfonamides is 1. The Bertz CT molecular complexity index is 944. The van der Waals surface area contributed by atoms with Crippen molar-refractivity contribution in [2.45, 2.75) is 23.8 Å². The Morgan fingerprint density at radius 1 is 1.31 bits per heavy atom. The van der Waals surface area contributed by atoms with Gasteiger partial charge in [0.05, 0.1) is 20.4 Å². The van der Waals surface area contributed by atoms with Crippen molar-refractivity contribution in [3.8, 4) is 6.07 Å². The van der Waals surface area contributed by atoms with Crippen molar-refractivity contribution in [1.29, 1.82) is 5.26 Å². The van der Waals surface area contributed by atoms with Crippen LogP contribution in [0.25, 0.3) is 0 Å². The Morgan fingerprint density at radius 3 is 2.65 bits per heavy atom. The maximum Gasteiger partial charge on any atom is 0.261 e. The quantitative estimate of drug-likeness (QED) is 0.840. The molecule has 26 heavy (non-hydrogen) atoms. The van der Waals surface area contributed by atoms with E-state index in [1.807, 2.05) is 17.5 Å². The fourth-order valence-corrected chi connectivity index (χ4v) is 5.09. The van der Waals surface area contributed by atoms with Gasteiger partial charge in [0.2, 0.25) is 10.0 Å². The zero-order valence-corrected chi connectivity index (χ0v) is 16.1. The minimum Gasteiger partial charge on any atom is -0.349 e. The molecule has 1 aromatic heterocycles. The third kappa shape index (κ3) is 3.91. The molecule has 9 heteroatoms. The van der Waals surface area contributed by atoms with E-state index in [1.54, 1.807) is 6.07 Å². The van der Waals surface area contributed by atoms with Crippen molar-refractivity contribution in [3.05, 3.63) is 51.2 Å². The van der Waals surface area contributed by atoms with E-state index in [0.29, 0.717) is 30.8 Å². The number of halogens is 1. The molecule has 0 saturated carbocycles. The largest absolute Gasteiger partial charge is 0.349 e. The van der Waals surface area contributed by atoms with Crippen molar-refractivity contribution < 1.29 is 13.2 Å². The third-order valence-electron chi connectivity index (χ3n) is 4.23. The van der Waals surface area contributed by atoms with E-state index in [0.717, 1.165) is 0 Å². The lowest BCUT2D eigenvalue weighted by Gasteiger charge is -2.31. The second-order valence-electron chi connectivity index (χ2n) is 5.88. The molecular formula is C17H16ClN3O3S2. The summed E-state index contributed by atoms with van der Waals surface area (Å²) in [6.45, 7) is 0.616. The predicted molar refractivity (Wildman–Crippen MR) is 99.7 cm³/mol. The Morgan fingerprint density at radius 2 is 2.04 bits per heavy atom. The van der Waals surface area contributed by atoms with Crippen LogP contribution < -0.4 is 5.32 Å². The monoisotopic (exact) mass is 409 g/mol. The van der Waals surface area contributed by atoms with Gasteiger partial charge in [-0.05, 0) is 42.5 Å². The van der Waals surface area contributed by atoms with Gasteiger partial charge in [0, 0.05) is 19.1 Å². The highest BCUT2D eigenvalue weighted by atomic mass is 35.5. The molecule has 0 unspecified atom stereocenters. The summed E-state index contributed by atoms with van der Waals surface area (Å²) in [7, 11) is -3.69. The Hall–Kier alpha value is -1.92. The lowest BCUT2D eigenvalue weighted by atomic mass is 10.1. The molecular weight excluding hydrogens is 394 g/mol. The molecule has 0 atom stereocenters. The molecule has 2 aromatic rings. The molecule has 0 bridgehead atoms. The second-order valence-corrected chi connectivity index (χ2v) is 9.18. The van der Waals surface area contributed by atoms with Crippen molar-refractivity contribution in [1.82, 2.24) is 9.62 Å². The highest BCUT2D eigenvalue weighted by molar-refractivity contribution is 7.89. The maximum atomic E-state index is 12.8. The number of carbonyl (C=O) groups excluding carboxylic acids is 1. The second kappa shape index (κ2) is 7.76. The number of piperidine rings is 1. The van der Waals surface area contributed by atoms with Crippen LogP contribution in [0.3, 0.4) is 0 Å². The summed E-state index contributed by atoms with van der Waals surface area (Å²) in [5, 5.41) is 14.0. The zero-order valence-electron chi connectivity index (χ0n) is 13.7. The van der Waals surface area contributed by atoms with Crippen LogP contribution in [0.15, 0.2) is 40.6 Å². The molecule has 0 aliphatic carbocycles. The van der Waals surface area contributed by atoms with E-state index < -0.39 is 10.0 Å². The normalized spacial score (nSPS) is 16.2. The number of hydrogen-bond donors (Lipinski definition) is 1. The van der Waals surface area contributed by atoms with Gasteiger partial charge in [-0.1, -0.05) is 17.7 Å². The summed E-state index contributed by atoms with van der Waals surface area (Å²) in [6.07, 6.45) is 1.07. The summed E-state index contributed by atoms with van der Waals surface area (Å²) in [6, 6.07) is 9.52. The van der Waals surface area contributed by atoms with Crippen LogP contribution in [0.4, 0.5) is 0 Å². The number of amides is 1. The molecule has 1 aliphatic rings. The number of nitrogens with one attached hydrogen (secondary N) is 1. The molecule has 1 fully saturated rings. The lowest BCUT2D eigenvalue weighted by Crippen LogP contribution is -2.46. The van der Waals surface area contributed by atoms with E-state index in [9.17, 15) is 13.2 Å². The number of hydrogen-bond acceptors (Lipinski definition) is 5. The van der Waals surface area contributed by atoms with Crippen LogP contribution in [-0.2, 0) is 10.0 Å². The minimum atomic E-state index is -3.69. The van der Waals surface area contributed by atoms with Gasteiger partial charge in [-0.2, -0.15) is 9.57 Å². The van der Waals surface area contributed by atoms with Gasteiger partial charge >= 0.3 is 0 Å². The van der Waals surface area contributed by atoms with Crippen LogP contribution in [-0.4, -0.2) is 37.8 Å². The molecule has 1 aromatic carbocycles. The van der Waals surface area contributed by atoms with Crippen molar-refractivity contribution in [2.24, 2.45) is 0 Å². The van der Waals surface area contributed by atoms with Gasteiger partial charge in [-0.25, -0.2) is 8.42 Å². The van der Waals surface area contributed by atoms with Crippen molar-refractivity contribution >= 4 is 38.9 Å². The number of rotatable bonds is 4. The number of carbonyl (C=O) groups is 1. The Labute approximate surface area is 161 Å². The van der Waals surface area contributed by atoms with Gasteiger partial charge < -0.3 is 5.32 Å². The molecule has 0 radical (unpaired) electrons. The standard InChI is InChI=1S/C17H16ClN3O3S2/c18-15-4-3-14(10-12(15)11-19)26(23,24)21-7-5-13(6-8-21)20-17(22)16-2-1-9-25-16/h1-4,9-10,13H,5-8H2,(H,20,22). The summed E-state index contributed by atoms with van der Waals surface area (Å²) in [4.78, 5) is 12.8. The fourth-order valence-electron chi connectivity index (χ4n) is 2.80. The highest BCUT2D eigenvalue weighted by Crippen LogP contribution is 2.25. The SMILES string of the molecule is N#Cc1cc(S(=O)(=O)N2CCC(NC(=O)c3cccs3)CC2)ccc1Cl. The van der Waals surface area contributed by atoms with Gasteiger partial charge in [-0.3, -0.25) is 4.79 Å². The molecule has 1 amide bonds. The summed E-state index contributed by atoms with van der Waals surface area (Å²) >= 11 is 7.24.